The van der Waals surface area contributed by atoms with Crippen LogP contribution in [0, 0.1) is 0 Å². The SMILES string of the molecule is CCCCN(CCCC)CCCC(=O)Nc1ccc(NC(=O)CCCOC(C)C)nc1. The van der Waals surface area contributed by atoms with E-state index in [0.717, 1.165) is 26.1 Å². The second-order valence-electron chi connectivity index (χ2n) is 8.20. The summed E-state index contributed by atoms with van der Waals surface area (Å²) in [6, 6.07) is 3.46. The summed E-state index contributed by atoms with van der Waals surface area (Å²) in [5, 5.41) is 5.65. The van der Waals surface area contributed by atoms with E-state index in [1.807, 2.05) is 13.8 Å². The average Bonchev–Trinajstić information content (AvgIpc) is 2.74. The van der Waals surface area contributed by atoms with Gasteiger partial charge in [0.25, 0.3) is 0 Å². The van der Waals surface area contributed by atoms with E-state index >= 15 is 0 Å². The minimum Gasteiger partial charge on any atom is -0.379 e. The van der Waals surface area contributed by atoms with Gasteiger partial charge in [-0.2, -0.15) is 0 Å². The van der Waals surface area contributed by atoms with Crippen LogP contribution in [0.15, 0.2) is 18.3 Å². The van der Waals surface area contributed by atoms with E-state index in [1.165, 1.54) is 25.7 Å². The molecule has 1 heterocycles. The zero-order chi connectivity index (χ0) is 22.9. The Morgan fingerprint density at radius 1 is 0.935 bits per heavy atom. The molecule has 0 spiro atoms. The Hall–Kier alpha value is -1.99. The highest BCUT2D eigenvalue weighted by Crippen LogP contribution is 2.11. The van der Waals surface area contributed by atoms with E-state index in [-0.39, 0.29) is 17.9 Å². The van der Waals surface area contributed by atoms with Gasteiger partial charge >= 0.3 is 0 Å². The van der Waals surface area contributed by atoms with Crippen LogP contribution in [0.5, 0.6) is 0 Å². The van der Waals surface area contributed by atoms with Crippen LogP contribution in [0.4, 0.5) is 11.5 Å². The predicted octanol–water partition coefficient (Wildman–Crippen LogP) is 4.85. The maximum absolute atomic E-state index is 12.2. The summed E-state index contributed by atoms with van der Waals surface area (Å²) in [6.45, 7) is 12.1. The molecule has 0 atom stereocenters. The topological polar surface area (TPSA) is 83.6 Å². The maximum Gasteiger partial charge on any atom is 0.225 e. The summed E-state index contributed by atoms with van der Waals surface area (Å²) in [5.41, 5.74) is 0.641. The number of nitrogens with zero attached hydrogens (tertiary/aromatic N) is 2. The molecule has 2 amide bonds. The largest absolute Gasteiger partial charge is 0.379 e. The number of amides is 2. The van der Waals surface area contributed by atoms with Crippen molar-refractivity contribution in [3.05, 3.63) is 18.3 Å². The number of carbonyl (C=O) groups excluding carboxylic acids is 2. The van der Waals surface area contributed by atoms with E-state index in [0.29, 0.717) is 37.4 Å². The van der Waals surface area contributed by atoms with Crippen LogP contribution in [0.25, 0.3) is 0 Å². The van der Waals surface area contributed by atoms with Crippen LogP contribution in [-0.4, -0.2) is 54.0 Å². The molecule has 1 rings (SSSR count). The van der Waals surface area contributed by atoms with Crippen molar-refractivity contribution < 1.29 is 14.3 Å². The van der Waals surface area contributed by atoms with Gasteiger partial charge in [0.05, 0.1) is 18.0 Å². The molecule has 0 aliphatic carbocycles. The molecule has 0 saturated heterocycles. The third-order valence-corrected chi connectivity index (χ3v) is 4.85. The Balaban J connectivity index is 2.31. The van der Waals surface area contributed by atoms with Crippen LogP contribution in [-0.2, 0) is 14.3 Å². The van der Waals surface area contributed by atoms with Gasteiger partial charge < -0.3 is 20.3 Å². The highest BCUT2D eigenvalue weighted by molar-refractivity contribution is 5.91. The summed E-state index contributed by atoms with van der Waals surface area (Å²) in [5.74, 6) is 0.386. The molecule has 7 nitrogen and oxygen atoms in total. The molecule has 7 heteroatoms. The number of hydrogen-bond acceptors (Lipinski definition) is 5. The minimum absolute atomic E-state index is 0.00493. The van der Waals surface area contributed by atoms with Gasteiger partial charge in [0.1, 0.15) is 5.82 Å². The standard InChI is InChI=1S/C24H42N4O3/c1-5-7-15-28(16-8-6-2)17-9-11-23(29)26-21-13-14-22(25-19-21)27-24(30)12-10-18-31-20(3)4/h13-14,19-20H,5-12,15-18H2,1-4H3,(H,26,29)(H,25,27,30). The monoisotopic (exact) mass is 434 g/mol. The average molecular weight is 435 g/mol. The van der Waals surface area contributed by atoms with Crippen LogP contribution >= 0.6 is 0 Å². The highest BCUT2D eigenvalue weighted by Gasteiger charge is 2.08. The van der Waals surface area contributed by atoms with E-state index in [4.69, 9.17) is 4.74 Å². The number of carbonyl (C=O) groups is 2. The number of aromatic nitrogens is 1. The number of nitrogens with one attached hydrogen (secondary N) is 2. The molecule has 176 valence electrons. The lowest BCUT2D eigenvalue weighted by Gasteiger charge is -2.21. The van der Waals surface area contributed by atoms with E-state index < -0.39 is 0 Å². The molecule has 0 aliphatic heterocycles. The summed E-state index contributed by atoms with van der Waals surface area (Å²) >= 11 is 0. The van der Waals surface area contributed by atoms with Gasteiger partial charge in [0.2, 0.25) is 11.8 Å². The summed E-state index contributed by atoms with van der Waals surface area (Å²) in [4.78, 5) is 30.9. The molecule has 0 unspecified atom stereocenters. The first-order chi connectivity index (χ1) is 14.9. The van der Waals surface area contributed by atoms with Crippen LogP contribution < -0.4 is 10.6 Å². The van der Waals surface area contributed by atoms with Gasteiger partial charge in [-0.05, 0) is 71.3 Å². The minimum atomic E-state index is -0.0904. The van der Waals surface area contributed by atoms with Gasteiger partial charge in [0, 0.05) is 19.4 Å². The smallest absolute Gasteiger partial charge is 0.225 e. The molecule has 0 aromatic carbocycles. The van der Waals surface area contributed by atoms with Crippen molar-refractivity contribution in [2.24, 2.45) is 0 Å². The second kappa shape index (κ2) is 16.7. The second-order valence-corrected chi connectivity index (χ2v) is 8.20. The molecule has 1 aromatic rings. The van der Waals surface area contributed by atoms with Gasteiger partial charge in [-0.15, -0.1) is 0 Å². The fourth-order valence-corrected chi connectivity index (χ4v) is 3.08. The Labute approximate surface area is 188 Å². The number of unbranched alkanes of at least 4 members (excludes halogenated alkanes) is 2. The zero-order valence-electron chi connectivity index (χ0n) is 19.9. The Bertz CT molecular complexity index is 612. The first kappa shape index (κ1) is 27.0. The zero-order valence-corrected chi connectivity index (χ0v) is 19.9. The third-order valence-electron chi connectivity index (χ3n) is 4.85. The lowest BCUT2D eigenvalue weighted by Crippen LogP contribution is -2.28. The van der Waals surface area contributed by atoms with Gasteiger partial charge in [-0.25, -0.2) is 4.98 Å². The molecular weight excluding hydrogens is 392 g/mol. The number of hydrogen-bond donors (Lipinski definition) is 2. The van der Waals surface area contributed by atoms with Gasteiger partial charge in [-0.1, -0.05) is 26.7 Å². The predicted molar refractivity (Wildman–Crippen MR) is 127 cm³/mol. The molecule has 0 bridgehead atoms. The van der Waals surface area contributed by atoms with Crippen LogP contribution in [0.3, 0.4) is 0 Å². The first-order valence-electron chi connectivity index (χ1n) is 11.8. The Morgan fingerprint density at radius 2 is 1.55 bits per heavy atom. The molecular formula is C24H42N4O3. The Morgan fingerprint density at radius 3 is 2.13 bits per heavy atom. The molecule has 0 aliphatic rings. The van der Waals surface area contributed by atoms with E-state index in [1.54, 1.807) is 18.3 Å². The number of anilines is 2. The molecule has 0 radical (unpaired) electrons. The number of ether oxygens (including phenoxy) is 1. The fourth-order valence-electron chi connectivity index (χ4n) is 3.08. The van der Waals surface area contributed by atoms with Gasteiger partial charge in [-0.3, -0.25) is 9.59 Å². The van der Waals surface area contributed by atoms with Crippen molar-refractivity contribution >= 4 is 23.3 Å². The molecule has 0 saturated carbocycles. The lowest BCUT2D eigenvalue weighted by atomic mass is 10.2. The van der Waals surface area contributed by atoms with Crippen molar-refractivity contribution in [1.82, 2.24) is 9.88 Å². The lowest BCUT2D eigenvalue weighted by molar-refractivity contribution is -0.117. The van der Waals surface area contributed by atoms with Crippen LogP contribution in [0.1, 0.15) is 79.1 Å². The third kappa shape index (κ3) is 13.8. The fraction of sp³-hybridized carbons (Fsp3) is 0.708. The molecule has 2 N–H and O–H groups in total. The van der Waals surface area contributed by atoms with E-state index in [2.05, 4.69) is 34.4 Å². The van der Waals surface area contributed by atoms with Crippen molar-refractivity contribution in [3.63, 3.8) is 0 Å². The number of pyridine rings is 1. The first-order valence-corrected chi connectivity index (χ1v) is 11.8. The van der Waals surface area contributed by atoms with Gasteiger partial charge in [0.15, 0.2) is 0 Å². The van der Waals surface area contributed by atoms with Crippen molar-refractivity contribution in [1.29, 1.82) is 0 Å². The van der Waals surface area contributed by atoms with Crippen molar-refractivity contribution in [2.75, 3.05) is 36.9 Å². The normalized spacial score (nSPS) is 11.2. The number of rotatable bonds is 17. The molecule has 31 heavy (non-hydrogen) atoms. The Kier molecular flexibility index (Phi) is 14.5. The quantitative estimate of drug-likeness (QED) is 0.343. The van der Waals surface area contributed by atoms with Crippen molar-refractivity contribution in [3.8, 4) is 0 Å². The summed E-state index contributed by atoms with van der Waals surface area (Å²) in [6.07, 6.45) is 8.95. The maximum atomic E-state index is 12.2. The highest BCUT2D eigenvalue weighted by atomic mass is 16.5. The summed E-state index contributed by atoms with van der Waals surface area (Å²) < 4.78 is 5.43. The molecule has 1 aromatic heterocycles. The summed E-state index contributed by atoms with van der Waals surface area (Å²) in [7, 11) is 0. The van der Waals surface area contributed by atoms with E-state index in [9.17, 15) is 9.59 Å². The van der Waals surface area contributed by atoms with Crippen molar-refractivity contribution in [2.45, 2.75) is 85.2 Å². The van der Waals surface area contributed by atoms with Crippen LogP contribution in [0.2, 0.25) is 0 Å². The molecule has 0 fully saturated rings.